The van der Waals surface area contributed by atoms with Gasteiger partial charge in [0.15, 0.2) is 0 Å². The fourth-order valence-electron chi connectivity index (χ4n) is 1.57. The first-order valence-corrected chi connectivity index (χ1v) is 7.64. The molecule has 0 spiro atoms. The van der Waals surface area contributed by atoms with E-state index in [4.69, 9.17) is 9.88 Å². The number of ether oxygens (including phenoxy) is 1. The maximum atomic E-state index is 12.4. The van der Waals surface area contributed by atoms with Crippen molar-refractivity contribution in [2.24, 2.45) is 11.1 Å². The van der Waals surface area contributed by atoms with Gasteiger partial charge in [0.25, 0.3) is 0 Å². The molecule has 1 aromatic rings. The Bertz CT molecular complexity index is 526. The highest BCUT2D eigenvalue weighted by atomic mass is 32.2. The Labute approximate surface area is 115 Å². The van der Waals surface area contributed by atoms with Crippen LogP contribution in [0.1, 0.15) is 18.9 Å². The molecule has 0 aliphatic rings. The molecule has 0 aliphatic heterocycles. The zero-order valence-corrected chi connectivity index (χ0v) is 11.7. The molecule has 20 heavy (non-hydrogen) atoms. The monoisotopic (exact) mass is 311 g/mol. The van der Waals surface area contributed by atoms with Crippen LogP contribution in [0, 0.1) is 5.92 Å². The van der Waals surface area contributed by atoms with Crippen LogP contribution in [0.5, 0.6) is 5.75 Å². The van der Waals surface area contributed by atoms with E-state index in [1.165, 1.54) is 12.1 Å². The van der Waals surface area contributed by atoms with Crippen LogP contribution in [0.4, 0.5) is 13.2 Å². The van der Waals surface area contributed by atoms with Crippen LogP contribution in [-0.2, 0) is 16.2 Å². The molecule has 8 heteroatoms. The number of primary sulfonamides is 1. The van der Waals surface area contributed by atoms with Gasteiger partial charge in [0, 0.05) is 5.92 Å². The Hall–Kier alpha value is -1.28. The molecular formula is C12H16F3NO3S. The van der Waals surface area contributed by atoms with E-state index in [-0.39, 0.29) is 24.0 Å². The summed E-state index contributed by atoms with van der Waals surface area (Å²) >= 11 is 0. The number of sulfonamides is 1. The zero-order valence-electron chi connectivity index (χ0n) is 10.9. The predicted molar refractivity (Wildman–Crippen MR) is 68.7 cm³/mol. The number of hydrogen-bond acceptors (Lipinski definition) is 3. The topological polar surface area (TPSA) is 69.4 Å². The summed E-state index contributed by atoms with van der Waals surface area (Å²) in [5.74, 6) is -0.261. The first kappa shape index (κ1) is 16.8. The van der Waals surface area contributed by atoms with Crippen LogP contribution in [0.15, 0.2) is 24.3 Å². The molecule has 0 aliphatic carbocycles. The molecule has 0 heterocycles. The Morgan fingerprint density at radius 2 is 1.80 bits per heavy atom. The molecule has 0 amide bonds. The van der Waals surface area contributed by atoms with Gasteiger partial charge < -0.3 is 4.74 Å². The van der Waals surface area contributed by atoms with E-state index in [1.807, 2.05) is 0 Å². The van der Waals surface area contributed by atoms with Crippen molar-refractivity contribution in [1.82, 2.24) is 0 Å². The van der Waals surface area contributed by atoms with Crippen LogP contribution in [0.2, 0.25) is 0 Å². The minimum atomic E-state index is -4.39. The van der Waals surface area contributed by atoms with Crippen LogP contribution in [0.3, 0.4) is 0 Å². The summed E-state index contributed by atoms with van der Waals surface area (Å²) in [7, 11) is -3.59. The first-order chi connectivity index (χ1) is 9.12. The normalized spacial score (nSPS) is 14.1. The van der Waals surface area contributed by atoms with Gasteiger partial charge >= 0.3 is 6.18 Å². The van der Waals surface area contributed by atoms with Crippen molar-refractivity contribution in [3.63, 3.8) is 0 Å². The maximum absolute atomic E-state index is 12.4. The van der Waals surface area contributed by atoms with Crippen LogP contribution in [0.25, 0.3) is 0 Å². The average molecular weight is 311 g/mol. The van der Waals surface area contributed by atoms with Gasteiger partial charge in [0.2, 0.25) is 10.0 Å². The molecule has 2 N–H and O–H groups in total. The molecule has 114 valence electrons. The lowest BCUT2D eigenvalue weighted by Gasteiger charge is -2.15. The lowest BCUT2D eigenvalue weighted by molar-refractivity contribution is -0.137. The predicted octanol–water partition coefficient (Wildman–Crippen LogP) is 2.40. The van der Waals surface area contributed by atoms with Gasteiger partial charge in [-0.25, -0.2) is 13.6 Å². The summed E-state index contributed by atoms with van der Waals surface area (Å²) in [5, 5.41) is 4.94. The molecule has 0 radical (unpaired) electrons. The highest BCUT2D eigenvalue weighted by molar-refractivity contribution is 7.89. The summed E-state index contributed by atoms with van der Waals surface area (Å²) in [4.78, 5) is 0. The van der Waals surface area contributed by atoms with E-state index in [1.54, 1.807) is 6.92 Å². The van der Waals surface area contributed by atoms with E-state index < -0.39 is 21.8 Å². The van der Waals surface area contributed by atoms with Gasteiger partial charge in [0.05, 0.1) is 17.9 Å². The molecular weight excluding hydrogens is 295 g/mol. The van der Waals surface area contributed by atoms with Gasteiger partial charge in [-0.1, -0.05) is 6.92 Å². The first-order valence-electron chi connectivity index (χ1n) is 5.92. The SMILES string of the molecule is CCC(COc1ccc(C(F)(F)F)cc1)CS(N)(=O)=O. The van der Waals surface area contributed by atoms with Crippen molar-refractivity contribution in [2.75, 3.05) is 12.4 Å². The van der Waals surface area contributed by atoms with E-state index in [0.717, 1.165) is 12.1 Å². The Kier molecular flexibility index (Phi) is 5.41. The lowest BCUT2D eigenvalue weighted by Crippen LogP contribution is -2.26. The third kappa shape index (κ3) is 5.79. The molecule has 0 saturated heterocycles. The van der Waals surface area contributed by atoms with Crippen LogP contribution in [-0.4, -0.2) is 20.8 Å². The fourth-order valence-corrected chi connectivity index (χ4v) is 2.56. The summed E-state index contributed by atoms with van der Waals surface area (Å²) in [6.07, 6.45) is -3.85. The summed E-state index contributed by atoms with van der Waals surface area (Å²) in [6.45, 7) is 1.87. The van der Waals surface area contributed by atoms with Crippen LogP contribution >= 0.6 is 0 Å². The summed E-state index contributed by atoms with van der Waals surface area (Å²) in [5.41, 5.74) is -0.763. The molecule has 0 saturated carbocycles. The molecule has 0 aromatic heterocycles. The third-order valence-electron chi connectivity index (χ3n) is 2.71. The molecule has 0 fully saturated rings. The molecule has 1 unspecified atom stereocenters. The van der Waals surface area contributed by atoms with Gasteiger partial charge in [-0.15, -0.1) is 0 Å². The standard InChI is InChI=1S/C12H16F3NO3S/c1-2-9(8-20(16,17)18)7-19-11-5-3-10(4-6-11)12(13,14)15/h3-6,9H,2,7-8H2,1H3,(H2,16,17,18). The average Bonchev–Trinajstić information content (AvgIpc) is 2.32. The number of nitrogens with two attached hydrogens (primary N) is 1. The van der Waals surface area contributed by atoms with Crippen molar-refractivity contribution in [2.45, 2.75) is 19.5 Å². The van der Waals surface area contributed by atoms with Crippen LogP contribution < -0.4 is 9.88 Å². The zero-order chi connectivity index (χ0) is 15.4. The van der Waals surface area contributed by atoms with Gasteiger partial charge in [0.1, 0.15) is 5.75 Å². The minimum Gasteiger partial charge on any atom is -0.493 e. The smallest absolute Gasteiger partial charge is 0.416 e. The quantitative estimate of drug-likeness (QED) is 0.877. The second kappa shape index (κ2) is 6.45. The Morgan fingerprint density at radius 1 is 1.25 bits per heavy atom. The number of rotatable bonds is 6. The second-order valence-corrected chi connectivity index (χ2v) is 6.10. The molecule has 4 nitrogen and oxygen atoms in total. The molecule has 0 bridgehead atoms. The summed E-state index contributed by atoms with van der Waals surface area (Å²) in [6, 6.07) is 4.23. The highest BCUT2D eigenvalue weighted by Gasteiger charge is 2.30. The van der Waals surface area contributed by atoms with Crippen molar-refractivity contribution < 1.29 is 26.3 Å². The Balaban J connectivity index is 2.61. The molecule has 1 atom stereocenters. The van der Waals surface area contributed by atoms with Gasteiger partial charge in [-0.2, -0.15) is 13.2 Å². The van der Waals surface area contributed by atoms with Gasteiger partial charge in [-0.3, -0.25) is 0 Å². The summed E-state index contributed by atoms with van der Waals surface area (Å²) < 4.78 is 64.3. The highest BCUT2D eigenvalue weighted by Crippen LogP contribution is 2.30. The largest absolute Gasteiger partial charge is 0.493 e. The number of alkyl halides is 3. The van der Waals surface area contributed by atoms with Gasteiger partial charge in [-0.05, 0) is 30.7 Å². The number of halogens is 3. The van der Waals surface area contributed by atoms with E-state index in [9.17, 15) is 21.6 Å². The van der Waals surface area contributed by atoms with Crippen molar-refractivity contribution in [3.05, 3.63) is 29.8 Å². The van der Waals surface area contributed by atoms with Crippen molar-refractivity contribution in [1.29, 1.82) is 0 Å². The van der Waals surface area contributed by atoms with Crippen molar-refractivity contribution in [3.8, 4) is 5.75 Å². The lowest BCUT2D eigenvalue weighted by atomic mass is 10.1. The number of benzene rings is 1. The Morgan fingerprint density at radius 3 is 2.20 bits per heavy atom. The maximum Gasteiger partial charge on any atom is 0.416 e. The number of hydrogen-bond donors (Lipinski definition) is 1. The van der Waals surface area contributed by atoms with E-state index in [0.29, 0.717) is 6.42 Å². The van der Waals surface area contributed by atoms with Crippen molar-refractivity contribution >= 4 is 10.0 Å². The molecule has 1 aromatic carbocycles. The minimum absolute atomic E-state index is 0.0816. The second-order valence-electron chi connectivity index (χ2n) is 4.44. The molecule has 1 rings (SSSR count). The van der Waals surface area contributed by atoms with E-state index in [2.05, 4.69) is 0 Å². The fraction of sp³-hybridized carbons (Fsp3) is 0.500. The third-order valence-corrected chi connectivity index (χ3v) is 3.65. The van der Waals surface area contributed by atoms with E-state index >= 15 is 0 Å².